The molecule has 3 N–H and O–H groups in total. The Kier molecular flexibility index (Phi) is 3.78. The molecule has 0 radical (unpaired) electrons. The van der Waals surface area contributed by atoms with Crippen molar-refractivity contribution < 1.29 is 19.7 Å². The number of rotatable bonds is 6. The minimum Gasteiger partial charge on any atom is -0.479 e. The second-order valence-corrected chi connectivity index (χ2v) is 4.73. The van der Waals surface area contributed by atoms with Crippen LogP contribution in [0.5, 0.6) is 0 Å². The average Bonchev–Trinajstić information content (AvgIpc) is 2.98. The lowest BCUT2D eigenvalue weighted by Crippen LogP contribution is -2.34. The van der Waals surface area contributed by atoms with Crippen molar-refractivity contribution >= 4 is 5.97 Å². The van der Waals surface area contributed by atoms with Crippen molar-refractivity contribution in [2.75, 3.05) is 13.1 Å². The van der Waals surface area contributed by atoms with E-state index in [0.717, 1.165) is 19.3 Å². The number of aliphatic hydroxyl groups is 1. The van der Waals surface area contributed by atoms with Crippen LogP contribution in [0.4, 0.5) is 0 Å². The Morgan fingerprint density at radius 1 is 1.38 bits per heavy atom. The van der Waals surface area contributed by atoms with Crippen LogP contribution in [0.15, 0.2) is 0 Å². The van der Waals surface area contributed by atoms with Crippen LogP contribution in [0.3, 0.4) is 0 Å². The number of hydrogen-bond acceptors (Lipinski definition) is 4. The van der Waals surface area contributed by atoms with Crippen LogP contribution in [-0.2, 0) is 9.53 Å². The monoisotopic (exact) mass is 229 g/mol. The Bertz CT molecular complexity index is 254. The third-order valence-corrected chi connectivity index (χ3v) is 3.27. The molecule has 92 valence electrons. The number of hydrogen-bond donors (Lipinski definition) is 3. The quantitative estimate of drug-likeness (QED) is 0.596. The van der Waals surface area contributed by atoms with Crippen molar-refractivity contribution in [3.05, 3.63) is 0 Å². The summed E-state index contributed by atoms with van der Waals surface area (Å²) < 4.78 is 5.34. The van der Waals surface area contributed by atoms with Gasteiger partial charge >= 0.3 is 5.97 Å². The first-order valence-electron chi connectivity index (χ1n) is 5.94. The molecule has 0 aromatic carbocycles. The molecule has 0 bridgehead atoms. The highest BCUT2D eigenvalue weighted by Gasteiger charge is 2.31. The van der Waals surface area contributed by atoms with Gasteiger partial charge in [0.2, 0.25) is 0 Å². The molecule has 0 amide bonds. The number of ether oxygens (including phenoxy) is 1. The molecular formula is C11H19NO4. The summed E-state index contributed by atoms with van der Waals surface area (Å²) in [6, 6.07) is 0. The third-order valence-electron chi connectivity index (χ3n) is 3.27. The Morgan fingerprint density at radius 2 is 2.12 bits per heavy atom. The Hall–Kier alpha value is -0.650. The number of carboxylic acids is 1. The molecule has 3 atom stereocenters. The van der Waals surface area contributed by atoms with Crippen molar-refractivity contribution in [2.45, 2.75) is 44.0 Å². The molecule has 3 unspecified atom stereocenters. The van der Waals surface area contributed by atoms with E-state index in [4.69, 9.17) is 9.84 Å². The highest BCUT2D eigenvalue weighted by molar-refractivity contribution is 5.72. The lowest BCUT2D eigenvalue weighted by atomic mass is 10.2. The van der Waals surface area contributed by atoms with Gasteiger partial charge in [-0.15, -0.1) is 0 Å². The summed E-state index contributed by atoms with van der Waals surface area (Å²) >= 11 is 0. The van der Waals surface area contributed by atoms with Crippen LogP contribution >= 0.6 is 0 Å². The molecule has 2 fully saturated rings. The van der Waals surface area contributed by atoms with Crippen molar-refractivity contribution in [2.24, 2.45) is 5.92 Å². The van der Waals surface area contributed by atoms with Gasteiger partial charge in [-0.3, -0.25) is 0 Å². The van der Waals surface area contributed by atoms with E-state index in [1.54, 1.807) is 0 Å². The van der Waals surface area contributed by atoms with Crippen LogP contribution in [0.2, 0.25) is 0 Å². The number of aliphatic hydroxyl groups excluding tert-OH is 1. The molecule has 0 aromatic heterocycles. The van der Waals surface area contributed by atoms with Gasteiger partial charge in [-0.25, -0.2) is 4.79 Å². The zero-order valence-corrected chi connectivity index (χ0v) is 9.26. The highest BCUT2D eigenvalue weighted by Crippen LogP contribution is 2.32. The highest BCUT2D eigenvalue weighted by atomic mass is 16.5. The molecule has 1 saturated heterocycles. The number of nitrogens with one attached hydrogen (secondary N) is 1. The van der Waals surface area contributed by atoms with E-state index in [1.165, 1.54) is 0 Å². The standard InChI is InChI=1S/C11H19NO4/c13-9(7-1-2-7)6-12-5-8-3-4-10(16-8)11(14)15/h7-10,12-13H,1-6H2,(H,14,15). The number of carboxylic acid groups (broad SMARTS) is 1. The topological polar surface area (TPSA) is 78.8 Å². The van der Waals surface area contributed by atoms with Crippen LogP contribution in [0.25, 0.3) is 0 Å². The molecule has 0 spiro atoms. The van der Waals surface area contributed by atoms with Crippen molar-refractivity contribution in [3.63, 3.8) is 0 Å². The van der Waals surface area contributed by atoms with Gasteiger partial charge in [-0.05, 0) is 31.6 Å². The zero-order valence-electron chi connectivity index (χ0n) is 9.26. The van der Waals surface area contributed by atoms with Crippen LogP contribution in [0.1, 0.15) is 25.7 Å². The molecule has 5 nitrogen and oxygen atoms in total. The lowest BCUT2D eigenvalue weighted by Gasteiger charge is -2.14. The molecule has 5 heteroatoms. The predicted octanol–water partition coefficient (Wildman–Crippen LogP) is -0.0209. The summed E-state index contributed by atoms with van der Waals surface area (Å²) in [5.74, 6) is -0.399. The normalized spacial score (nSPS) is 31.6. The second-order valence-electron chi connectivity index (χ2n) is 4.73. The van der Waals surface area contributed by atoms with Gasteiger partial charge in [0.05, 0.1) is 12.2 Å². The summed E-state index contributed by atoms with van der Waals surface area (Å²) in [7, 11) is 0. The molecule has 1 aliphatic carbocycles. The number of carbonyl (C=O) groups is 1. The van der Waals surface area contributed by atoms with E-state index in [9.17, 15) is 9.90 Å². The van der Waals surface area contributed by atoms with E-state index in [-0.39, 0.29) is 12.2 Å². The molecule has 0 aromatic rings. The van der Waals surface area contributed by atoms with Crippen molar-refractivity contribution in [1.82, 2.24) is 5.32 Å². The van der Waals surface area contributed by atoms with E-state index in [2.05, 4.69) is 5.32 Å². The molecule has 1 aliphatic heterocycles. The van der Waals surface area contributed by atoms with Crippen molar-refractivity contribution in [3.8, 4) is 0 Å². The molecule has 2 aliphatic rings. The first kappa shape index (κ1) is 11.8. The fraction of sp³-hybridized carbons (Fsp3) is 0.909. The van der Waals surface area contributed by atoms with Crippen LogP contribution < -0.4 is 5.32 Å². The van der Waals surface area contributed by atoms with Gasteiger partial charge in [0.15, 0.2) is 6.10 Å². The van der Waals surface area contributed by atoms with Gasteiger partial charge in [0.25, 0.3) is 0 Å². The molecule has 2 rings (SSSR count). The number of aliphatic carboxylic acids is 1. The maximum Gasteiger partial charge on any atom is 0.332 e. The summed E-state index contributed by atoms with van der Waals surface area (Å²) in [4.78, 5) is 10.6. The lowest BCUT2D eigenvalue weighted by molar-refractivity contribution is -0.149. The van der Waals surface area contributed by atoms with Crippen molar-refractivity contribution in [1.29, 1.82) is 0 Å². The largest absolute Gasteiger partial charge is 0.479 e. The maximum absolute atomic E-state index is 10.6. The third kappa shape index (κ3) is 3.17. The molecule has 1 saturated carbocycles. The Balaban J connectivity index is 1.58. The summed E-state index contributed by atoms with van der Waals surface area (Å²) in [6.07, 6.45) is 2.72. The molecule has 16 heavy (non-hydrogen) atoms. The Morgan fingerprint density at radius 3 is 2.69 bits per heavy atom. The van der Waals surface area contributed by atoms with Gasteiger partial charge in [-0.1, -0.05) is 0 Å². The van der Waals surface area contributed by atoms with Gasteiger partial charge in [0.1, 0.15) is 0 Å². The van der Waals surface area contributed by atoms with E-state index in [1.807, 2.05) is 0 Å². The van der Waals surface area contributed by atoms with E-state index < -0.39 is 12.1 Å². The smallest absolute Gasteiger partial charge is 0.332 e. The summed E-state index contributed by atoms with van der Waals surface area (Å²) in [5, 5.41) is 21.5. The first-order valence-corrected chi connectivity index (χ1v) is 5.94. The van der Waals surface area contributed by atoms with E-state index in [0.29, 0.717) is 25.4 Å². The minimum absolute atomic E-state index is 0.0208. The fourth-order valence-electron chi connectivity index (χ4n) is 2.08. The zero-order chi connectivity index (χ0) is 11.5. The average molecular weight is 229 g/mol. The SMILES string of the molecule is O=C(O)C1CCC(CNCC(O)C2CC2)O1. The van der Waals surface area contributed by atoms with Gasteiger partial charge in [-0.2, -0.15) is 0 Å². The summed E-state index contributed by atoms with van der Waals surface area (Å²) in [5.41, 5.74) is 0. The Labute approximate surface area is 94.8 Å². The second kappa shape index (κ2) is 5.12. The van der Waals surface area contributed by atoms with Gasteiger partial charge < -0.3 is 20.3 Å². The molecular weight excluding hydrogens is 210 g/mol. The summed E-state index contributed by atoms with van der Waals surface area (Å²) in [6.45, 7) is 1.22. The minimum atomic E-state index is -0.875. The predicted molar refractivity (Wildman–Crippen MR) is 57.1 cm³/mol. The fourth-order valence-corrected chi connectivity index (χ4v) is 2.08. The molecule has 1 heterocycles. The van der Waals surface area contributed by atoms with E-state index >= 15 is 0 Å². The first-order chi connectivity index (χ1) is 7.66. The van der Waals surface area contributed by atoms with Crippen LogP contribution in [-0.4, -0.2) is 47.6 Å². The maximum atomic E-state index is 10.6. The van der Waals surface area contributed by atoms with Crippen LogP contribution in [0, 0.1) is 5.92 Å². The van der Waals surface area contributed by atoms with Gasteiger partial charge in [0, 0.05) is 13.1 Å².